The predicted molar refractivity (Wildman–Crippen MR) is 98.3 cm³/mol. The Balaban J connectivity index is 2.31. The predicted octanol–water partition coefficient (Wildman–Crippen LogP) is 5.90. The second-order valence-corrected chi connectivity index (χ2v) is 8.52. The van der Waals surface area contributed by atoms with E-state index in [4.69, 9.17) is 4.84 Å². The Morgan fingerprint density at radius 2 is 1.69 bits per heavy atom. The lowest BCUT2D eigenvalue weighted by atomic mass is 9.77. The van der Waals surface area contributed by atoms with E-state index in [9.17, 15) is 35.5 Å². The van der Waals surface area contributed by atoms with Gasteiger partial charge in [-0.25, -0.2) is 5.06 Å². The molecule has 0 aliphatic carbocycles. The summed E-state index contributed by atoms with van der Waals surface area (Å²) in [6, 6.07) is 8.50. The summed E-state index contributed by atoms with van der Waals surface area (Å²) in [6.07, 6.45) is -8.46. The van der Waals surface area contributed by atoms with Crippen molar-refractivity contribution in [3.8, 4) is 0 Å². The van der Waals surface area contributed by atoms with Crippen molar-refractivity contribution in [1.82, 2.24) is 5.06 Å². The molecule has 0 saturated carbocycles. The van der Waals surface area contributed by atoms with Crippen LogP contribution in [0.4, 0.5) is 30.7 Å². The average Bonchev–Trinajstić information content (AvgIpc) is 2.83. The molecule has 1 atom stereocenters. The third kappa shape index (κ3) is 4.54. The van der Waals surface area contributed by atoms with Crippen LogP contribution in [0.3, 0.4) is 0 Å². The first-order valence-electron chi connectivity index (χ1n) is 8.30. The topological polar surface area (TPSA) is 29.5 Å². The number of amides is 1. The quantitative estimate of drug-likeness (QED) is 0.333. The molecule has 29 heavy (non-hydrogen) atoms. The highest BCUT2D eigenvalue weighted by atomic mass is 127. The monoisotopic (exact) mass is 539 g/mol. The molecule has 1 saturated heterocycles. The van der Waals surface area contributed by atoms with Gasteiger partial charge in [-0.3, -0.25) is 9.63 Å². The van der Waals surface area contributed by atoms with E-state index in [1.165, 1.54) is 6.92 Å². The number of rotatable bonds is 6. The highest BCUT2D eigenvalue weighted by Crippen LogP contribution is 2.54. The molecule has 0 N–H and O–H groups in total. The van der Waals surface area contributed by atoms with Gasteiger partial charge in [-0.15, -0.1) is 0 Å². The van der Waals surface area contributed by atoms with Crippen molar-refractivity contribution in [3.63, 3.8) is 0 Å². The normalized spacial score (nSPS) is 23.0. The van der Waals surface area contributed by atoms with E-state index in [2.05, 4.69) is 0 Å². The Kier molecular flexibility index (Phi) is 6.63. The van der Waals surface area contributed by atoms with Crippen LogP contribution in [0.2, 0.25) is 0 Å². The molecule has 1 aliphatic heterocycles. The first-order chi connectivity index (χ1) is 13.1. The van der Waals surface area contributed by atoms with Gasteiger partial charge >= 0.3 is 18.0 Å². The molecular formula is C18H17F7INO2. The van der Waals surface area contributed by atoms with Gasteiger partial charge in [0.15, 0.2) is 0 Å². The summed E-state index contributed by atoms with van der Waals surface area (Å²) in [5.41, 5.74) is -1.62. The number of nitrogens with zero attached hydrogens (tertiary/aromatic N) is 1. The smallest absolute Gasteiger partial charge is 0.272 e. The molecule has 0 spiro atoms. The molecule has 1 aromatic carbocycles. The van der Waals surface area contributed by atoms with Crippen LogP contribution >= 0.6 is 22.6 Å². The van der Waals surface area contributed by atoms with E-state index in [1.54, 1.807) is 52.9 Å². The zero-order valence-corrected chi connectivity index (χ0v) is 17.5. The molecule has 1 unspecified atom stereocenters. The van der Waals surface area contributed by atoms with Gasteiger partial charge in [-0.2, -0.15) is 30.7 Å². The van der Waals surface area contributed by atoms with Crippen LogP contribution in [0.25, 0.3) is 0 Å². The van der Waals surface area contributed by atoms with Crippen LogP contribution in [-0.4, -0.2) is 35.5 Å². The number of hydroxylamine groups is 2. The van der Waals surface area contributed by atoms with E-state index < -0.39 is 35.8 Å². The molecule has 1 aromatic rings. The molecule has 1 aliphatic rings. The number of hydrogen-bond donors (Lipinski definition) is 0. The molecule has 11 heteroatoms. The van der Waals surface area contributed by atoms with Gasteiger partial charge < -0.3 is 0 Å². The van der Waals surface area contributed by atoms with Crippen molar-refractivity contribution < 1.29 is 40.4 Å². The van der Waals surface area contributed by atoms with Gasteiger partial charge in [0.1, 0.15) is 6.61 Å². The third-order valence-corrected chi connectivity index (χ3v) is 5.35. The van der Waals surface area contributed by atoms with Gasteiger partial charge in [0.25, 0.3) is 5.91 Å². The summed E-state index contributed by atoms with van der Waals surface area (Å²) in [6.45, 7) is 1.96. The minimum atomic E-state index is -6.46. The summed E-state index contributed by atoms with van der Waals surface area (Å²) < 4.78 is 92.8. The second-order valence-electron chi connectivity index (χ2n) is 6.90. The van der Waals surface area contributed by atoms with Crippen LogP contribution in [0.1, 0.15) is 25.8 Å². The van der Waals surface area contributed by atoms with Crippen LogP contribution in [-0.2, 0) is 16.2 Å². The number of benzene rings is 1. The first-order valence-corrected chi connectivity index (χ1v) is 9.38. The Bertz CT molecular complexity index is 791. The number of allylic oxidation sites excluding steroid dienone is 1. The molecule has 162 valence electrons. The van der Waals surface area contributed by atoms with Crippen LogP contribution in [0.5, 0.6) is 0 Å². The summed E-state index contributed by atoms with van der Waals surface area (Å²) in [5.74, 6) is -12.9. The Labute approximate surface area is 176 Å². The standard InChI is InChI=1S/C18H17F7INO2/c1-11(26)13-8-27(29-9-12-6-4-3-5-7-12)14(28)15(13,2)10-16(19,20)17(21,22)18(23,24)25/h3-7H,8-10H2,1-2H3/b13-11-. The van der Waals surface area contributed by atoms with E-state index in [0.29, 0.717) is 9.14 Å². The summed E-state index contributed by atoms with van der Waals surface area (Å²) >= 11 is 1.71. The second kappa shape index (κ2) is 8.05. The van der Waals surface area contributed by atoms with E-state index in [0.717, 1.165) is 12.0 Å². The third-order valence-electron chi connectivity index (χ3n) is 4.70. The Hall–Kier alpha value is -1.37. The van der Waals surface area contributed by atoms with Gasteiger partial charge in [0.2, 0.25) is 0 Å². The minimum Gasteiger partial charge on any atom is -0.272 e. The number of hydrogen-bond acceptors (Lipinski definition) is 2. The van der Waals surface area contributed by atoms with Gasteiger partial charge in [0.05, 0.1) is 12.0 Å². The van der Waals surface area contributed by atoms with Crippen LogP contribution in [0.15, 0.2) is 39.5 Å². The number of alkyl halides is 7. The molecule has 1 heterocycles. The van der Waals surface area contributed by atoms with Crippen LogP contribution in [0, 0.1) is 5.41 Å². The number of halogens is 8. The zero-order chi connectivity index (χ0) is 22.3. The lowest BCUT2D eigenvalue weighted by Gasteiger charge is -2.34. The van der Waals surface area contributed by atoms with E-state index in [-0.39, 0.29) is 18.7 Å². The number of carbonyl (C=O) groups is 1. The van der Waals surface area contributed by atoms with Gasteiger partial charge in [-0.1, -0.05) is 30.3 Å². The number of carbonyl (C=O) groups excluding carboxylic acids is 1. The molecular weight excluding hydrogens is 522 g/mol. The lowest BCUT2D eigenvalue weighted by molar-refractivity contribution is -0.358. The fourth-order valence-corrected chi connectivity index (χ4v) is 3.82. The van der Waals surface area contributed by atoms with Crippen molar-refractivity contribution >= 4 is 28.5 Å². The maximum absolute atomic E-state index is 14.1. The fourth-order valence-electron chi connectivity index (χ4n) is 3.06. The summed E-state index contributed by atoms with van der Waals surface area (Å²) in [4.78, 5) is 18.1. The van der Waals surface area contributed by atoms with E-state index in [1.807, 2.05) is 0 Å². The summed E-state index contributed by atoms with van der Waals surface area (Å²) in [5, 5.41) is 0.728. The zero-order valence-electron chi connectivity index (χ0n) is 15.3. The van der Waals surface area contributed by atoms with Crippen molar-refractivity contribution in [2.24, 2.45) is 5.41 Å². The van der Waals surface area contributed by atoms with Crippen molar-refractivity contribution in [3.05, 3.63) is 45.0 Å². The fraction of sp³-hybridized carbons (Fsp3) is 0.500. The largest absolute Gasteiger partial charge is 0.459 e. The maximum atomic E-state index is 14.1. The minimum absolute atomic E-state index is 0.00816. The Morgan fingerprint density at radius 3 is 2.17 bits per heavy atom. The highest BCUT2D eigenvalue weighted by molar-refractivity contribution is 14.1. The van der Waals surface area contributed by atoms with Gasteiger partial charge in [0, 0.05) is 6.42 Å². The van der Waals surface area contributed by atoms with Crippen molar-refractivity contribution in [2.45, 2.75) is 44.9 Å². The highest BCUT2D eigenvalue weighted by Gasteiger charge is 2.74. The van der Waals surface area contributed by atoms with Crippen molar-refractivity contribution in [1.29, 1.82) is 0 Å². The summed E-state index contributed by atoms with van der Waals surface area (Å²) in [7, 11) is 0. The maximum Gasteiger partial charge on any atom is 0.459 e. The molecule has 1 amide bonds. The molecule has 0 aromatic heterocycles. The molecule has 1 fully saturated rings. The molecule has 3 nitrogen and oxygen atoms in total. The lowest BCUT2D eigenvalue weighted by Crippen LogP contribution is -2.54. The first kappa shape index (κ1) is 23.9. The molecule has 2 rings (SSSR count). The molecule has 0 bridgehead atoms. The molecule has 0 radical (unpaired) electrons. The van der Waals surface area contributed by atoms with E-state index >= 15 is 0 Å². The SMILES string of the molecule is C/C(I)=C1\CN(OCc2ccccc2)C(=O)C1(C)CC(F)(F)C(F)(F)C(F)(F)F. The van der Waals surface area contributed by atoms with Crippen molar-refractivity contribution in [2.75, 3.05) is 6.54 Å². The van der Waals surface area contributed by atoms with Crippen LogP contribution < -0.4 is 0 Å². The Morgan fingerprint density at radius 1 is 1.14 bits per heavy atom. The van der Waals surface area contributed by atoms with Gasteiger partial charge in [-0.05, 0) is 51.2 Å². The average molecular weight is 539 g/mol.